The summed E-state index contributed by atoms with van der Waals surface area (Å²) in [6.45, 7) is 2.51. The van der Waals surface area contributed by atoms with E-state index in [2.05, 4.69) is 0 Å². The van der Waals surface area contributed by atoms with E-state index in [1.54, 1.807) is 30.1 Å². The third-order valence-electron chi connectivity index (χ3n) is 3.93. The summed E-state index contributed by atoms with van der Waals surface area (Å²) < 4.78 is 5.19. The van der Waals surface area contributed by atoms with Crippen molar-refractivity contribution < 1.29 is 18.8 Å². The van der Waals surface area contributed by atoms with Crippen LogP contribution in [0.5, 0.6) is 0 Å². The molecule has 0 aliphatic carbocycles. The van der Waals surface area contributed by atoms with Gasteiger partial charge >= 0.3 is 0 Å². The SMILES string of the molecule is CCN(C)C(=O)c1ccc2c(c1)C(=O)N(Cc1ccco1)C2=O. The Bertz CT molecular complexity index is 780. The lowest BCUT2D eigenvalue weighted by molar-refractivity contribution is 0.0631. The molecule has 0 N–H and O–H groups in total. The van der Waals surface area contributed by atoms with E-state index >= 15 is 0 Å². The lowest BCUT2D eigenvalue weighted by Gasteiger charge is -2.14. The summed E-state index contributed by atoms with van der Waals surface area (Å²) >= 11 is 0. The first-order chi connectivity index (χ1) is 11.0. The lowest BCUT2D eigenvalue weighted by Crippen LogP contribution is -2.29. The number of rotatable bonds is 4. The average molecular weight is 312 g/mol. The van der Waals surface area contributed by atoms with E-state index in [1.165, 1.54) is 18.4 Å². The van der Waals surface area contributed by atoms with E-state index in [1.807, 2.05) is 6.92 Å². The fourth-order valence-corrected chi connectivity index (χ4v) is 2.49. The number of fused-ring (bicyclic) bond motifs is 1. The minimum absolute atomic E-state index is 0.0808. The number of hydrogen-bond donors (Lipinski definition) is 0. The number of furan rings is 1. The summed E-state index contributed by atoms with van der Waals surface area (Å²) in [5.41, 5.74) is 0.975. The summed E-state index contributed by atoms with van der Waals surface area (Å²) in [6.07, 6.45) is 1.49. The lowest BCUT2D eigenvalue weighted by atomic mass is 10.1. The Morgan fingerprint density at radius 3 is 2.57 bits per heavy atom. The molecule has 6 nitrogen and oxygen atoms in total. The van der Waals surface area contributed by atoms with Crippen molar-refractivity contribution in [3.05, 3.63) is 59.0 Å². The van der Waals surface area contributed by atoms with Crippen LogP contribution in [0.15, 0.2) is 41.0 Å². The number of nitrogens with zero attached hydrogens (tertiary/aromatic N) is 2. The molecule has 1 aromatic carbocycles. The molecule has 2 aromatic rings. The van der Waals surface area contributed by atoms with Crippen LogP contribution in [0.4, 0.5) is 0 Å². The van der Waals surface area contributed by atoms with Gasteiger partial charge in [-0.15, -0.1) is 0 Å². The summed E-state index contributed by atoms with van der Waals surface area (Å²) in [5, 5.41) is 0. The maximum Gasteiger partial charge on any atom is 0.261 e. The fourth-order valence-electron chi connectivity index (χ4n) is 2.49. The second kappa shape index (κ2) is 5.72. The molecule has 0 bridgehead atoms. The van der Waals surface area contributed by atoms with Gasteiger partial charge in [-0.2, -0.15) is 0 Å². The van der Waals surface area contributed by atoms with Crippen molar-refractivity contribution in [3.8, 4) is 0 Å². The maximum absolute atomic E-state index is 12.5. The summed E-state index contributed by atoms with van der Waals surface area (Å²) in [4.78, 5) is 39.7. The zero-order chi connectivity index (χ0) is 16.6. The molecular formula is C17H16N2O4. The van der Waals surface area contributed by atoms with Gasteiger partial charge in [0, 0.05) is 19.2 Å². The molecule has 3 amide bonds. The van der Waals surface area contributed by atoms with Crippen LogP contribution < -0.4 is 0 Å². The Morgan fingerprint density at radius 2 is 1.91 bits per heavy atom. The molecule has 6 heteroatoms. The Kier molecular flexibility index (Phi) is 3.73. The van der Waals surface area contributed by atoms with Gasteiger partial charge in [-0.25, -0.2) is 0 Å². The van der Waals surface area contributed by atoms with E-state index < -0.39 is 5.91 Å². The topological polar surface area (TPSA) is 70.8 Å². The van der Waals surface area contributed by atoms with E-state index in [4.69, 9.17) is 4.42 Å². The van der Waals surface area contributed by atoms with Gasteiger partial charge in [-0.05, 0) is 37.3 Å². The first kappa shape index (κ1) is 15.0. The van der Waals surface area contributed by atoms with Crippen LogP contribution in [-0.4, -0.2) is 41.1 Å². The maximum atomic E-state index is 12.5. The van der Waals surface area contributed by atoms with Crippen molar-refractivity contribution in [3.63, 3.8) is 0 Å². The fraction of sp³-hybridized carbons (Fsp3) is 0.235. The van der Waals surface area contributed by atoms with E-state index in [9.17, 15) is 14.4 Å². The molecule has 23 heavy (non-hydrogen) atoms. The molecule has 0 spiro atoms. The quantitative estimate of drug-likeness (QED) is 0.811. The van der Waals surface area contributed by atoms with Crippen molar-refractivity contribution in [1.29, 1.82) is 0 Å². The van der Waals surface area contributed by atoms with Gasteiger partial charge < -0.3 is 9.32 Å². The first-order valence-electron chi connectivity index (χ1n) is 7.31. The summed E-state index contributed by atoms with van der Waals surface area (Å²) in [6, 6.07) is 8.01. The highest BCUT2D eigenvalue weighted by Gasteiger charge is 2.36. The number of amides is 3. The molecule has 1 aliphatic heterocycles. The van der Waals surface area contributed by atoms with Crippen molar-refractivity contribution in [2.45, 2.75) is 13.5 Å². The normalized spacial score (nSPS) is 13.4. The van der Waals surface area contributed by atoms with E-state index in [0.29, 0.717) is 23.4 Å². The van der Waals surface area contributed by atoms with Crippen molar-refractivity contribution in [2.24, 2.45) is 0 Å². The molecule has 3 rings (SSSR count). The van der Waals surface area contributed by atoms with Gasteiger partial charge in [0.15, 0.2) is 0 Å². The summed E-state index contributed by atoms with van der Waals surface area (Å²) in [7, 11) is 1.69. The Labute approximate surface area is 133 Å². The van der Waals surface area contributed by atoms with Crippen LogP contribution in [0.1, 0.15) is 43.8 Å². The minimum Gasteiger partial charge on any atom is -0.467 e. The zero-order valence-electron chi connectivity index (χ0n) is 12.9. The standard InChI is InChI=1S/C17H16N2O4/c1-3-18(2)15(20)11-6-7-13-14(9-11)17(22)19(16(13)21)10-12-5-4-8-23-12/h4-9H,3,10H2,1-2H3. The van der Waals surface area contributed by atoms with Crippen molar-refractivity contribution in [2.75, 3.05) is 13.6 Å². The molecule has 0 atom stereocenters. The van der Waals surface area contributed by atoms with Gasteiger partial charge in [-0.3, -0.25) is 19.3 Å². The summed E-state index contributed by atoms with van der Waals surface area (Å²) in [5.74, 6) is -0.430. The molecule has 1 aromatic heterocycles. The Morgan fingerprint density at radius 1 is 1.17 bits per heavy atom. The molecule has 0 saturated heterocycles. The number of hydrogen-bond acceptors (Lipinski definition) is 4. The molecule has 0 unspecified atom stereocenters. The van der Waals surface area contributed by atoms with Crippen LogP contribution in [0, 0.1) is 0 Å². The predicted molar refractivity (Wildman–Crippen MR) is 82.0 cm³/mol. The highest BCUT2D eigenvalue weighted by atomic mass is 16.3. The number of carbonyl (C=O) groups excluding carboxylic acids is 3. The molecule has 0 saturated carbocycles. The Hall–Kier alpha value is -2.89. The Balaban J connectivity index is 1.91. The molecule has 0 radical (unpaired) electrons. The minimum atomic E-state index is -0.407. The smallest absolute Gasteiger partial charge is 0.261 e. The average Bonchev–Trinajstić information content (AvgIpc) is 3.16. The molecule has 118 valence electrons. The number of carbonyl (C=O) groups is 3. The van der Waals surface area contributed by atoms with Gasteiger partial charge in [0.1, 0.15) is 5.76 Å². The molecular weight excluding hydrogens is 296 g/mol. The van der Waals surface area contributed by atoms with Gasteiger partial charge in [0.2, 0.25) is 0 Å². The second-order valence-electron chi connectivity index (χ2n) is 5.36. The van der Waals surface area contributed by atoms with Crippen LogP contribution in [0.3, 0.4) is 0 Å². The first-order valence-corrected chi connectivity index (χ1v) is 7.31. The van der Waals surface area contributed by atoms with Crippen LogP contribution in [0.2, 0.25) is 0 Å². The number of benzene rings is 1. The van der Waals surface area contributed by atoms with Crippen molar-refractivity contribution >= 4 is 17.7 Å². The molecule has 2 heterocycles. The molecule has 1 aliphatic rings. The van der Waals surface area contributed by atoms with Crippen LogP contribution in [0.25, 0.3) is 0 Å². The second-order valence-corrected chi connectivity index (χ2v) is 5.36. The van der Waals surface area contributed by atoms with E-state index in [-0.39, 0.29) is 23.9 Å². The van der Waals surface area contributed by atoms with Gasteiger partial charge in [0.05, 0.1) is 23.9 Å². The van der Waals surface area contributed by atoms with Gasteiger partial charge in [0.25, 0.3) is 17.7 Å². The third-order valence-corrected chi connectivity index (χ3v) is 3.93. The zero-order valence-corrected chi connectivity index (χ0v) is 12.9. The highest BCUT2D eigenvalue weighted by Crippen LogP contribution is 2.26. The highest BCUT2D eigenvalue weighted by molar-refractivity contribution is 6.21. The van der Waals surface area contributed by atoms with Gasteiger partial charge in [-0.1, -0.05) is 0 Å². The molecule has 0 fully saturated rings. The monoisotopic (exact) mass is 312 g/mol. The van der Waals surface area contributed by atoms with Crippen molar-refractivity contribution in [1.82, 2.24) is 9.80 Å². The predicted octanol–water partition coefficient (Wildman–Crippen LogP) is 2.17. The third kappa shape index (κ3) is 2.52. The largest absolute Gasteiger partial charge is 0.467 e. The van der Waals surface area contributed by atoms with Crippen LogP contribution >= 0.6 is 0 Å². The van der Waals surface area contributed by atoms with E-state index in [0.717, 1.165) is 4.90 Å². The number of imide groups is 1. The van der Waals surface area contributed by atoms with Crippen LogP contribution in [-0.2, 0) is 6.54 Å².